The topological polar surface area (TPSA) is 66.0 Å². The SMILES string of the molecule is C=C(O)c1nc2sc(C)c(C)c2c(=O)[nH]1. The van der Waals surface area contributed by atoms with Gasteiger partial charge in [0, 0.05) is 4.88 Å². The summed E-state index contributed by atoms with van der Waals surface area (Å²) in [6.45, 7) is 7.16. The lowest BCUT2D eigenvalue weighted by Gasteiger charge is -1.97. The van der Waals surface area contributed by atoms with Gasteiger partial charge in [0.15, 0.2) is 11.6 Å². The molecule has 0 unspecified atom stereocenters. The first kappa shape index (κ1) is 9.92. The van der Waals surface area contributed by atoms with Crippen molar-refractivity contribution in [2.45, 2.75) is 13.8 Å². The van der Waals surface area contributed by atoms with Gasteiger partial charge in [0.1, 0.15) is 4.83 Å². The molecular weight excluding hydrogens is 212 g/mol. The van der Waals surface area contributed by atoms with Crippen LogP contribution in [0.2, 0.25) is 0 Å². The third-order valence-electron chi connectivity index (χ3n) is 2.31. The molecule has 0 amide bonds. The summed E-state index contributed by atoms with van der Waals surface area (Å²) in [6, 6.07) is 0. The van der Waals surface area contributed by atoms with Gasteiger partial charge in [0.05, 0.1) is 5.39 Å². The first-order valence-electron chi connectivity index (χ1n) is 4.39. The molecule has 15 heavy (non-hydrogen) atoms. The molecule has 5 heteroatoms. The molecule has 0 atom stereocenters. The van der Waals surface area contributed by atoms with Gasteiger partial charge < -0.3 is 10.1 Å². The lowest BCUT2D eigenvalue weighted by atomic mass is 10.2. The largest absolute Gasteiger partial charge is 0.505 e. The molecule has 2 rings (SSSR count). The van der Waals surface area contributed by atoms with Gasteiger partial charge >= 0.3 is 0 Å². The Morgan fingerprint density at radius 3 is 2.80 bits per heavy atom. The molecule has 0 spiro atoms. The van der Waals surface area contributed by atoms with Crippen molar-refractivity contribution in [1.82, 2.24) is 9.97 Å². The fraction of sp³-hybridized carbons (Fsp3) is 0.200. The van der Waals surface area contributed by atoms with Gasteiger partial charge in [0.2, 0.25) is 0 Å². The summed E-state index contributed by atoms with van der Waals surface area (Å²) in [5.41, 5.74) is 0.714. The second-order valence-electron chi connectivity index (χ2n) is 3.32. The molecule has 0 aliphatic heterocycles. The number of H-pyrrole nitrogens is 1. The Bertz CT molecular complexity index is 610. The molecule has 78 valence electrons. The van der Waals surface area contributed by atoms with E-state index in [1.54, 1.807) is 0 Å². The van der Waals surface area contributed by atoms with Crippen LogP contribution in [0.5, 0.6) is 0 Å². The number of aromatic amines is 1. The van der Waals surface area contributed by atoms with Crippen LogP contribution >= 0.6 is 11.3 Å². The molecule has 0 aliphatic rings. The summed E-state index contributed by atoms with van der Waals surface area (Å²) in [5.74, 6) is -0.0912. The van der Waals surface area contributed by atoms with Crippen LogP contribution in [0.1, 0.15) is 16.3 Å². The van der Waals surface area contributed by atoms with E-state index in [1.165, 1.54) is 11.3 Å². The Morgan fingerprint density at radius 1 is 1.53 bits per heavy atom. The standard InChI is InChI=1S/C10H10N2O2S/c1-4-6(3)15-10-7(4)9(14)11-8(12-10)5(2)13/h13H,2H2,1,3H3,(H,11,12,14). The molecule has 2 aromatic heterocycles. The summed E-state index contributed by atoms with van der Waals surface area (Å²) in [4.78, 5) is 20.0. The maximum atomic E-state index is 11.7. The van der Waals surface area contributed by atoms with Gasteiger partial charge in [-0.05, 0) is 19.4 Å². The zero-order valence-corrected chi connectivity index (χ0v) is 9.23. The van der Waals surface area contributed by atoms with Gasteiger partial charge in [-0.25, -0.2) is 4.98 Å². The van der Waals surface area contributed by atoms with Crippen molar-refractivity contribution < 1.29 is 5.11 Å². The maximum absolute atomic E-state index is 11.7. The van der Waals surface area contributed by atoms with E-state index >= 15 is 0 Å². The van der Waals surface area contributed by atoms with Crippen molar-refractivity contribution in [3.8, 4) is 0 Å². The number of hydrogen-bond acceptors (Lipinski definition) is 4. The highest BCUT2D eigenvalue weighted by molar-refractivity contribution is 7.18. The summed E-state index contributed by atoms with van der Waals surface area (Å²) < 4.78 is 0. The van der Waals surface area contributed by atoms with Gasteiger partial charge in [0.25, 0.3) is 5.56 Å². The maximum Gasteiger partial charge on any atom is 0.260 e. The van der Waals surface area contributed by atoms with Crippen molar-refractivity contribution in [2.24, 2.45) is 0 Å². The van der Waals surface area contributed by atoms with E-state index < -0.39 is 0 Å². The predicted octanol–water partition coefficient (Wildman–Crippen LogP) is 2.13. The predicted molar refractivity (Wildman–Crippen MR) is 61.4 cm³/mol. The highest BCUT2D eigenvalue weighted by Gasteiger charge is 2.12. The molecule has 0 bridgehead atoms. The normalized spacial score (nSPS) is 10.8. The number of thiophene rings is 1. The van der Waals surface area contributed by atoms with Gasteiger partial charge in [-0.2, -0.15) is 0 Å². The number of aromatic nitrogens is 2. The van der Waals surface area contributed by atoms with Crippen molar-refractivity contribution in [1.29, 1.82) is 0 Å². The third kappa shape index (κ3) is 1.45. The number of nitrogens with zero attached hydrogens (tertiary/aromatic N) is 1. The average molecular weight is 222 g/mol. The van der Waals surface area contributed by atoms with E-state index in [0.29, 0.717) is 10.2 Å². The molecule has 0 saturated heterocycles. The lowest BCUT2D eigenvalue weighted by molar-refractivity contribution is 0.507. The third-order valence-corrected chi connectivity index (χ3v) is 3.41. The Labute approximate surface area is 89.9 Å². The molecule has 0 saturated carbocycles. The number of aryl methyl sites for hydroxylation is 2. The molecule has 2 N–H and O–H groups in total. The average Bonchev–Trinajstić information content (AvgIpc) is 2.42. The number of hydrogen-bond donors (Lipinski definition) is 2. The van der Waals surface area contributed by atoms with Crippen LogP contribution in [0.4, 0.5) is 0 Å². The van der Waals surface area contributed by atoms with Gasteiger partial charge in [-0.15, -0.1) is 11.3 Å². The van der Waals surface area contributed by atoms with Crippen LogP contribution in [-0.4, -0.2) is 15.1 Å². The monoisotopic (exact) mass is 222 g/mol. The zero-order chi connectivity index (χ0) is 11.2. The summed E-state index contributed by atoms with van der Waals surface area (Å²) >= 11 is 1.44. The Kier molecular flexibility index (Phi) is 2.12. The van der Waals surface area contributed by atoms with Crippen LogP contribution in [0.15, 0.2) is 11.4 Å². The molecule has 2 heterocycles. The van der Waals surface area contributed by atoms with E-state index in [9.17, 15) is 4.79 Å². The molecule has 0 aliphatic carbocycles. The second kappa shape index (κ2) is 3.20. The van der Waals surface area contributed by atoms with Gasteiger partial charge in [-0.3, -0.25) is 4.79 Å². The minimum absolute atomic E-state index is 0.133. The fourth-order valence-electron chi connectivity index (χ4n) is 1.39. The van der Waals surface area contributed by atoms with Gasteiger partial charge in [-0.1, -0.05) is 6.58 Å². The summed E-state index contributed by atoms with van der Waals surface area (Å²) in [6.07, 6.45) is 0. The first-order valence-corrected chi connectivity index (χ1v) is 5.20. The van der Waals surface area contributed by atoms with Crippen LogP contribution in [0.3, 0.4) is 0 Å². The number of aliphatic hydroxyl groups is 1. The minimum atomic E-state index is -0.230. The van der Waals surface area contributed by atoms with E-state index in [2.05, 4.69) is 16.5 Å². The van der Waals surface area contributed by atoms with E-state index in [0.717, 1.165) is 10.4 Å². The lowest BCUT2D eigenvalue weighted by Crippen LogP contribution is -2.10. The number of fused-ring (bicyclic) bond motifs is 1. The highest BCUT2D eigenvalue weighted by Crippen LogP contribution is 2.26. The quantitative estimate of drug-likeness (QED) is 0.726. The minimum Gasteiger partial charge on any atom is -0.505 e. The first-order chi connectivity index (χ1) is 7.00. The molecular formula is C10H10N2O2S. The fourth-order valence-corrected chi connectivity index (χ4v) is 2.42. The second-order valence-corrected chi connectivity index (χ2v) is 4.53. The zero-order valence-electron chi connectivity index (χ0n) is 8.42. The van der Waals surface area contributed by atoms with E-state index in [-0.39, 0.29) is 17.1 Å². The highest BCUT2D eigenvalue weighted by atomic mass is 32.1. The molecule has 4 nitrogen and oxygen atoms in total. The van der Waals surface area contributed by atoms with Crippen molar-refractivity contribution in [2.75, 3.05) is 0 Å². The summed E-state index contributed by atoms with van der Waals surface area (Å²) in [5, 5.41) is 9.76. The summed E-state index contributed by atoms with van der Waals surface area (Å²) in [7, 11) is 0. The van der Waals surface area contributed by atoms with Crippen molar-refractivity contribution >= 4 is 27.3 Å². The van der Waals surface area contributed by atoms with E-state index in [1.807, 2.05) is 13.8 Å². The number of nitrogens with one attached hydrogen (secondary N) is 1. The molecule has 0 fully saturated rings. The molecule has 2 aromatic rings. The van der Waals surface area contributed by atoms with Crippen molar-refractivity contribution in [3.63, 3.8) is 0 Å². The number of aliphatic hydroxyl groups excluding tert-OH is 1. The van der Waals surface area contributed by atoms with E-state index in [4.69, 9.17) is 5.11 Å². The smallest absolute Gasteiger partial charge is 0.260 e. The Hall–Kier alpha value is -1.62. The van der Waals surface area contributed by atoms with Crippen LogP contribution in [-0.2, 0) is 0 Å². The number of rotatable bonds is 1. The van der Waals surface area contributed by atoms with Crippen LogP contribution < -0.4 is 5.56 Å². The van der Waals surface area contributed by atoms with Crippen LogP contribution in [0, 0.1) is 13.8 Å². The molecule has 0 aromatic carbocycles. The molecule has 0 radical (unpaired) electrons. The van der Waals surface area contributed by atoms with Crippen molar-refractivity contribution in [3.05, 3.63) is 33.2 Å². The Balaban J connectivity index is 2.90. The Morgan fingerprint density at radius 2 is 2.20 bits per heavy atom. The van der Waals surface area contributed by atoms with Crippen LogP contribution in [0.25, 0.3) is 16.0 Å².